The van der Waals surface area contributed by atoms with E-state index in [-0.39, 0.29) is 31.1 Å². The topological polar surface area (TPSA) is 78.9 Å². The van der Waals surface area contributed by atoms with Crippen LogP contribution in [0.2, 0.25) is 0 Å². The number of carbonyl (C=O) groups excluding carboxylic acids is 3. The molecule has 0 amide bonds. The Labute approximate surface area is 380 Å². The highest BCUT2D eigenvalue weighted by atomic mass is 16.6. The van der Waals surface area contributed by atoms with Gasteiger partial charge >= 0.3 is 17.9 Å². The lowest BCUT2D eigenvalue weighted by molar-refractivity contribution is -0.167. The van der Waals surface area contributed by atoms with Crippen LogP contribution in [0.15, 0.2) is 0 Å². The molecular weight excluding hydrogens is 757 g/mol. The summed E-state index contributed by atoms with van der Waals surface area (Å²) < 4.78 is 16.8. The van der Waals surface area contributed by atoms with Crippen LogP contribution in [0.3, 0.4) is 0 Å². The van der Waals surface area contributed by atoms with Crippen molar-refractivity contribution in [3.05, 3.63) is 0 Å². The van der Waals surface area contributed by atoms with Gasteiger partial charge in [-0.15, -0.1) is 0 Å². The van der Waals surface area contributed by atoms with E-state index in [9.17, 15) is 14.4 Å². The van der Waals surface area contributed by atoms with Gasteiger partial charge in [-0.2, -0.15) is 0 Å². The van der Waals surface area contributed by atoms with E-state index in [4.69, 9.17) is 14.2 Å². The van der Waals surface area contributed by atoms with Crippen molar-refractivity contribution in [3.63, 3.8) is 0 Å². The zero-order valence-corrected chi connectivity index (χ0v) is 42.0. The first-order valence-electron chi connectivity index (χ1n) is 27.1. The highest BCUT2D eigenvalue weighted by molar-refractivity contribution is 5.71. The summed E-state index contributed by atoms with van der Waals surface area (Å²) in [6.07, 6.45) is 46.7. The molecule has 0 aromatic rings. The number of hydrogen-bond donors (Lipinski definition) is 0. The van der Waals surface area contributed by atoms with Gasteiger partial charge in [0.1, 0.15) is 13.2 Å². The molecule has 0 aliphatic rings. The first-order valence-corrected chi connectivity index (χ1v) is 27.1. The van der Waals surface area contributed by atoms with Gasteiger partial charge in [-0.25, -0.2) is 0 Å². The number of rotatable bonds is 48. The standard InChI is InChI=1S/C55H106O6/c1-7-51(6)43-37-31-27-28-34-40-46-55(58)61-52(48-60-54(57)45-39-33-26-22-18-14-10-12-16-20-24-30-36-42-50(4)5)47-59-53(56)44-38-32-25-21-17-13-9-8-11-15-19-23-29-35-41-49(2)3/h49-52H,7-48H2,1-6H3/t51?,52-/m1/s1. The van der Waals surface area contributed by atoms with E-state index in [1.807, 2.05) is 0 Å². The van der Waals surface area contributed by atoms with Crippen LogP contribution in [-0.4, -0.2) is 37.2 Å². The van der Waals surface area contributed by atoms with Crippen molar-refractivity contribution >= 4 is 17.9 Å². The molecule has 61 heavy (non-hydrogen) atoms. The molecule has 0 rings (SSSR count). The summed E-state index contributed by atoms with van der Waals surface area (Å²) in [6, 6.07) is 0. The minimum atomic E-state index is -0.763. The van der Waals surface area contributed by atoms with Crippen LogP contribution in [0.1, 0.15) is 298 Å². The van der Waals surface area contributed by atoms with Crippen LogP contribution < -0.4 is 0 Å². The van der Waals surface area contributed by atoms with Crippen LogP contribution in [0.25, 0.3) is 0 Å². The largest absolute Gasteiger partial charge is 0.462 e. The van der Waals surface area contributed by atoms with Crippen molar-refractivity contribution < 1.29 is 28.6 Å². The van der Waals surface area contributed by atoms with Gasteiger partial charge in [0, 0.05) is 19.3 Å². The van der Waals surface area contributed by atoms with Crippen molar-refractivity contribution in [2.75, 3.05) is 13.2 Å². The molecule has 1 unspecified atom stereocenters. The van der Waals surface area contributed by atoms with Gasteiger partial charge in [-0.05, 0) is 37.0 Å². The summed E-state index contributed by atoms with van der Waals surface area (Å²) in [5.74, 6) is 1.64. The molecule has 0 aromatic heterocycles. The molecule has 6 heteroatoms. The summed E-state index contributed by atoms with van der Waals surface area (Å²) in [5, 5.41) is 0. The number of unbranched alkanes of at least 4 members (excludes halogenated alkanes) is 30. The maximum absolute atomic E-state index is 12.8. The smallest absolute Gasteiger partial charge is 0.306 e. The van der Waals surface area contributed by atoms with E-state index in [1.165, 1.54) is 180 Å². The van der Waals surface area contributed by atoms with Gasteiger partial charge in [0.15, 0.2) is 6.10 Å². The van der Waals surface area contributed by atoms with Crippen molar-refractivity contribution in [2.45, 2.75) is 304 Å². The van der Waals surface area contributed by atoms with Crippen LogP contribution in [0, 0.1) is 17.8 Å². The molecule has 0 aliphatic carbocycles. The van der Waals surface area contributed by atoms with E-state index in [0.29, 0.717) is 19.3 Å². The Balaban J connectivity index is 4.26. The Hall–Kier alpha value is -1.59. The molecule has 0 N–H and O–H groups in total. The average Bonchev–Trinajstić information content (AvgIpc) is 3.23. The molecule has 0 heterocycles. The molecule has 0 aromatic carbocycles. The van der Waals surface area contributed by atoms with Crippen LogP contribution in [0.5, 0.6) is 0 Å². The zero-order valence-electron chi connectivity index (χ0n) is 42.0. The predicted molar refractivity (Wildman–Crippen MR) is 261 cm³/mol. The summed E-state index contributed by atoms with van der Waals surface area (Å²) in [5.41, 5.74) is 0. The lowest BCUT2D eigenvalue weighted by Gasteiger charge is -2.18. The normalized spacial score (nSPS) is 12.6. The van der Waals surface area contributed by atoms with Gasteiger partial charge in [0.25, 0.3) is 0 Å². The lowest BCUT2D eigenvalue weighted by atomic mass is 10.00. The Morgan fingerprint density at radius 3 is 0.852 bits per heavy atom. The summed E-state index contributed by atoms with van der Waals surface area (Å²) >= 11 is 0. The Bertz CT molecular complexity index is 947. The SMILES string of the molecule is CCC(C)CCCCCCCCC(=O)O[C@H](COC(=O)CCCCCCCCCCCCCCCCC(C)C)COC(=O)CCCCCCCCCCCCCCCC(C)C. The Kier molecular flexibility index (Phi) is 45.2. The third kappa shape index (κ3) is 47.7. The maximum atomic E-state index is 12.8. The second-order valence-corrected chi connectivity index (χ2v) is 20.1. The number of carbonyl (C=O) groups is 3. The number of hydrogen-bond acceptors (Lipinski definition) is 6. The summed E-state index contributed by atoms with van der Waals surface area (Å²) in [6.45, 7) is 13.7. The third-order valence-corrected chi connectivity index (χ3v) is 12.8. The molecule has 6 nitrogen and oxygen atoms in total. The van der Waals surface area contributed by atoms with Crippen LogP contribution in [0.4, 0.5) is 0 Å². The van der Waals surface area contributed by atoms with Gasteiger partial charge in [0.05, 0.1) is 0 Å². The minimum Gasteiger partial charge on any atom is -0.462 e. The lowest BCUT2D eigenvalue weighted by Crippen LogP contribution is -2.30. The fraction of sp³-hybridized carbons (Fsp3) is 0.945. The molecule has 2 atom stereocenters. The average molecular weight is 863 g/mol. The van der Waals surface area contributed by atoms with E-state index in [0.717, 1.165) is 75.5 Å². The third-order valence-electron chi connectivity index (χ3n) is 12.8. The Morgan fingerprint density at radius 2 is 0.574 bits per heavy atom. The monoisotopic (exact) mass is 863 g/mol. The molecule has 0 saturated carbocycles. The van der Waals surface area contributed by atoms with Gasteiger partial charge in [0.2, 0.25) is 0 Å². The van der Waals surface area contributed by atoms with Gasteiger partial charge in [-0.1, -0.05) is 260 Å². The van der Waals surface area contributed by atoms with Crippen LogP contribution in [-0.2, 0) is 28.6 Å². The quantitative estimate of drug-likeness (QED) is 0.0344. The first kappa shape index (κ1) is 59.4. The van der Waals surface area contributed by atoms with Crippen molar-refractivity contribution in [2.24, 2.45) is 17.8 Å². The molecule has 0 saturated heterocycles. The molecule has 362 valence electrons. The Morgan fingerprint density at radius 1 is 0.328 bits per heavy atom. The van der Waals surface area contributed by atoms with Crippen LogP contribution >= 0.6 is 0 Å². The fourth-order valence-corrected chi connectivity index (χ4v) is 8.26. The van der Waals surface area contributed by atoms with E-state index in [2.05, 4.69) is 41.5 Å². The van der Waals surface area contributed by atoms with E-state index < -0.39 is 6.10 Å². The molecular formula is C55H106O6. The maximum Gasteiger partial charge on any atom is 0.306 e. The predicted octanol–water partition coefficient (Wildman–Crippen LogP) is 17.6. The second-order valence-electron chi connectivity index (χ2n) is 20.1. The molecule has 0 aliphatic heterocycles. The zero-order chi connectivity index (χ0) is 44.9. The van der Waals surface area contributed by atoms with E-state index in [1.54, 1.807) is 0 Å². The fourth-order valence-electron chi connectivity index (χ4n) is 8.26. The summed E-state index contributed by atoms with van der Waals surface area (Å²) in [7, 11) is 0. The van der Waals surface area contributed by atoms with Crippen molar-refractivity contribution in [1.82, 2.24) is 0 Å². The first-order chi connectivity index (χ1) is 29.6. The highest BCUT2D eigenvalue weighted by Crippen LogP contribution is 2.18. The minimum absolute atomic E-state index is 0.0650. The number of esters is 3. The summed E-state index contributed by atoms with van der Waals surface area (Å²) in [4.78, 5) is 38.0. The second kappa shape index (κ2) is 46.4. The van der Waals surface area contributed by atoms with E-state index >= 15 is 0 Å². The molecule has 0 fully saturated rings. The number of ether oxygens (including phenoxy) is 3. The highest BCUT2D eigenvalue weighted by Gasteiger charge is 2.19. The molecule has 0 spiro atoms. The molecule has 0 radical (unpaired) electrons. The molecule has 0 bridgehead atoms. The van der Waals surface area contributed by atoms with Gasteiger partial charge < -0.3 is 14.2 Å². The van der Waals surface area contributed by atoms with Crippen molar-refractivity contribution in [1.29, 1.82) is 0 Å². The van der Waals surface area contributed by atoms with Crippen molar-refractivity contribution in [3.8, 4) is 0 Å². The van der Waals surface area contributed by atoms with Gasteiger partial charge in [-0.3, -0.25) is 14.4 Å².